The van der Waals surface area contributed by atoms with Crippen molar-refractivity contribution in [2.45, 2.75) is 51.7 Å². The van der Waals surface area contributed by atoms with Gasteiger partial charge in [0.2, 0.25) is 0 Å². The fourth-order valence-corrected chi connectivity index (χ4v) is 6.43. The highest BCUT2D eigenvalue weighted by Crippen LogP contribution is 2.37. The van der Waals surface area contributed by atoms with Gasteiger partial charge in [-0.1, -0.05) is 41.3 Å². The molecule has 0 radical (unpaired) electrons. The van der Waals surface area contributed by atoms with E-state index in [1.165, 1.54) is 24.1 Å². The highest BCUT2D eigenvalue weighted by Gasteiger charge is 2.23. The number of aromatic carboxylic acids is 1. The van der Waals surface area contributed by atoms with Gasteiger partial charge in [-0.3, -0.25) is 0 Å². The summed E-state index contributed by atoms with van der Waals surface area (Å²) in [7, 11) is 0. The van der Waals surface area contributed by atoms with Crippen molar-refractivity contribution in [3.05, 3.63) is 87.3 Å². The third kappa shape index (κ3) is 5.80. The molecule has 2 aromatic heterocycles. The lowest BCUT2D eigenvalue weighted by Crippen LogP contribution is -2.14. The topological polar surface area (TPSA) is 77.2 Å². The molecule has 9 heteroatoms. The first-order valence-corrected chi connectivity index (χ1v) is 14.8. The average Bonchev–Trinajstić information content (AvgIpc) is 3.56. The summed E-state index contributed by atoms with van der Waals surface area (Å²) < 4.78 is 9.48. The van der Waals surface area contributed by atoms with E-state index < -0.39 is 5.97 Å². The van der Waals surface area contributed by atoms with E-state index in [4.69, 9.17) is 9.72 Å². The number of hydrogen-bond donors (Lipinski definition) is 1. The predicted molar refractivity (Wildman–Crippen MR) is 166 cm³/mol. The quantitative estimate of drug-likeness (QED) is 0.192. The monoisotopic (exact) mass is 637 g/mol. The maximum Gasteiger partial charge on any atom is 0.335 e. The van der Waals surface area contributed by atoms with E-state index in [0.717, 1.165) is 61.6 Å². The average molecular weight is 639 g/mol. The van der Waals surface area contributed by atoms with Crippen LogP contribution in [0.5, 0.6) is 5.75 Å². The summed E-state index contributed by atoms with van der Waals surface area (Å²) in [6, 6.07) is 19.9. The first-order chi connectivity index (χ1) is 19.0. The minimum atomic E-state index is -0.939. The Balaban J connectivity index is 0.00000323. The molecule has 2 heterocycles. The van der Waals surface area contributed by atoms with Gasteiger partial charge in [-0.15, -0.1) is 23.7 Å². The zero-order valence-corrected chi connectivity index (χ0v) is 25.2. The van der Waals surface area contributed by atoms with Gasteiger partial charge in [0.05, 0.1) is 16.6 Å². The van der Waals surface area contributed by atoms with Crippen LogP contribution in [0.4, 0.5) is 0 Å². The van der Waals surface area contributed by atoms with Gasteiger partial charge >= 0.3 is 5.97 Å². The molecular formula is C31H29BrClN3O3S. The van der Waals surface area contributed by atoms with Crippen LogP contribution in [0, 0.1) is 6.92 Å². The highest BCUT2D eigenvalue weighted by atomic mass is 79.9. The smallest absolute Gasteiger partial charge is 0.335 e. The third-order valence-electron chi connectivity index (χ3n) is 7.30. The zero-order valence-electron chi connectivity index (χ0n) is 22.0. The van der Waals surface area contributed by atoms with Gasteiger partial charge in [0.15, 0.2) is 0 Å². The van der Waals surface area contributed by atoms with Crippen molar-refractivity contribution in [3.63, 3.8) is 0 Å². The predicted octanol–water partition coefficient (Wildman–Crippen LogP) is 9.10. The van der Waals surface area contributed by atoms with Crippen LogP contribution in [-0.2, 0) is 6.61 Å². The van der Waals surface area contributed by atoms with Crippen LogP contribution in [0.15, 0.2) is 71.3 Å². The number of benzene rings is 3. The van der Waals surface area contributed by atoms with Gasteiger partial charge in [0, 0.05) is 38.3 Å². The Kier molecular flexibility index (Phi) is 8.59. The van der Waals surface area contributed by atoms with E-state index in [-0.39, 0.29) is 18.0 Å². The molecule has 0 saturated heterocycles. The molecule has 0 amide bonds. The van der Waals surface area contributed by atoms with E-state index >= 15 is 0 Å². The number of imidazole rings is 1. The normalized spacial score (nSPS) is 13.8. The molecule has 3 aromatic carbocycles. The summed E-state index contributed by atoms with van der Waals surface area (Å²) in [5.74, 6) is 0.709. The number of thiazole rings is 1. The summed E-state index contributed by atoms with van der Waals surface area (Å²) in [4.78, 5) is 22.2. The van der Waals surface area contributed by atoms with E-state index in [2.05, 4.69) is 44.5 Å². The molecule has 206 valence electrons. The molecule has 1 N–H and O–H groups in total. The number of fused-ring (bicyclic) bond motifs is 1. The highest BCUT2D eigenvalue weighted by molar-refractivity contribution is 9.10. The number of ether oxygens (including phenoxy) is 1. The van der Waals surface area contributed by atoms with Crippen LogP contribution < -0.4 is 4.74 Å². The number of rotatable bonds is 7. The second-order valence-corrected chi connectivity index (χ2v) is 12.1. The largest absolute Gasteiger partial charge is 0.489 e. The van der Waals surface area contributed by atoms with Gasteiger partial charge in [-0.25, -0.2) is 14.8 Å². The molecule has 0 atom stereocenters. The molecule has 1 fully saturated rings. The van der Waals surface area contributed by atoms with Crippen molar-refractivity contribution in [2.75, 3.05) is 0 Å². The maximum atomic E-state index is 11.6. The molecule has 1 aliphatic rings. The number of nitrogens with zero attached hydrogens (tertiary/aromatic N) is 3. The Labute approximate surface area is 251 Å². The first kappa shape index (κ1) is 28.3. The van der Waals surface area contributed by atoms with Crippen LogP contribution in [-0.4, -0.2) is 25.6 Å². The third-order valence-corrected chi connectivity index (χ3v) is 9.03. The molecule has 40 heavy (non-hydrogen) atoms. The van der Waals surface area contributed by atoms with E-state index in [1.54, 1.807) is 23.5 Å². The molecule has 0 spiro atoms. The summed E-state index contributed by atoms with van der Waals surface area (Å²) in [6.07, 6.45) is 7.76. The number of hydrogen-bond acceptors (Lipinski definition) is 5. The van der Waals surface area contributed by atoms with Gasteiger partial charge in [0.25, 0.3) is 0 Å². The Bertz CT molecular complexity index is 1660. The molecular weight excluding hydrogens is 610 g/mol. The van der Waals surface area contributed by atoms with Crippen LogP contribution in [0.1, 0.15) is 58.9 Å². The lowest BCUT2D eigenvalue weighted by Gasteiger charge is -2.25. The van der Waals surface area contributed by atoms with Gasteiger partial charge < -0.3 is 14.4 Å². The Morgan fingerprint density at radius 2 is 1.80 bits per heavy atom. The lowest BCUT2D eigenvalue weighted by molar-refractivity contribution is 0.0697. The van der Waals surface area contributed by atoms with Crippen molar-refractivity contribution in [2.24, 2.45) is 0 Å². The molecule has 1 aliphatic carbocycles. The zero-order chi connectivity index (χ0) is 26.9. The van der Waals surface area contributed by atoms with Gasteiger partial charge in [-0.2, -0.15) is 0 Å². The fraction of sp³-hybridized carbons (Fsp3) is 0.258. The Hall–Kier alpha value is -3.20. The summed E-state index contributed by atoms with van der Waals surface area (Å²) in [5.41, 5.74) is 5.09. The Morgan fingerprint density at radius 1 is 1.05 bits per heavy atom. The standard InChI is InChI=1S/C31H28BrN3O3S.ClH/c1-19-17-33-30(39-19)21-9-13-26(32)23(15-21)18-38-25-11-7-20(8-12-25)29-34-27-16-22(31(36)37)10-14-28(27)35(29)24-5-3-2-4-6-24;/h7-17,24H,2-6,18H2,1H3,(H,36,37);1H. The van der Waals surface area contributed by atoms with E-state index in [0.29, 0.717) is 12.6 Å². The number of carboxylic acids is 1. The second kappa shape index (κ2) is 12.1. The molecule has 1 saturated carbocycles. The number of halogens is 2. The van der Waals surface area contributed by atoms with Crippen molar-refractivity contribution in [1.82, 2.24) is 14.5 Å². The Morgan fingerprint density at radius 3 is 2.50 bits per heavy atom. The number of carbonyl (C=O) groups is 1. The summed E-state index contributed by atoms with van der Waals surface area (Å²) >= 11 is 5.34. The SMILES string of the molecule is Cc1cnc(-c2ccc(Br)c(COc3ccc(-c4nc5cc(C(=O)O)ccc5n4C4CCCCC4)cc3)c2)s1.Cl. The lowest BCUT2D eigenvalue weighted by atomic mass is 9.95. The van der Waals surface area contributed by atoms with Crippen molar-refractivity contribution >= 4 is 56.7 Å². The van der Waals surface area contributed by atoms with Crippen LogP contribution >= 0.6 is 39.7 Å². The van der Waals surface area contributed by atoms with Crippen molar-refractivity contribution < 1.29 is 14.6 Å². The van der Waals surface area contributed by atoms with E-state index in [1.807, 2.05) is 42.6 Å². The molecule has 0 unspecified atom stereocenters. The maximum absolute atomic E-state index is 11.6. The van der Waals surface area contributed by atoms with Crippen LogP contribution in [0.2, 0.25) is 0 Å². The number of carboxylic acid groups (broad SMARTS) is 1. The number of aryl methyl sites for hydroxylation is 1. The van der Waals surface area contributed by atoms with Crippen molar-refractivity contribution in [1.29, 1.82) is 0 Å². The summed E-state index contributed by atoms with van der Waals surface area (Å²) in [5, 5.41) is 10.5. The minimum absolute atomic E-state index is 0. The second-order valence-electron chi connectivity index (χ2n) is 10.0. The number of aromatic nitrogens is 3. The fourth-order valence-electron chi connectivity index (χ4n) is 5.31. The van der Waals surface area contributed by atoms with Crippen molar-refractivity contribution in [3.8, 4) is 27.7 Å². The van der Waals surface area contributed by atoms with E-state index in [9.17, 15) is 9.90 Å². The van der Waals surface area contributed by atoms with Gasteiger partial charge in [0.1, 0.15) is 23.2 Å². The summed E-state index contributed by atoms with van der Waals surface area (Å²) in [6.45, 7) is 2.49. The van der Waals surface area contributed by atoms with Crippen LogP contribution in [0.25, 0.3) is 33.0 Å². The first-order valence-electron chi connectivity index (χ1n) is 13.2. The molecule has 6 nitrogen and oxygen atoms in total. The molecule has 5 aromatic rings. The van der Waals surface area contributed by atoms with Gasteiger partial charge in [-0.05, 0) is 74.4 Å². The molecule has 0 aliphatic heterocycles. The minimum Gasteiger partial charge on any atom is -0.489 e. The molecule has 0 bridgehead atoms. The molecule has 6 rings (SSSR count). The van der Waals surface area contributed by atoms with Crippen LogP contribution in [0.3, 0.4) is 0 Å².